The SMILES string of the molecule is COc1cccc(NP2(Cl)=NP(O)(Cl)=NP(Cl)(Cl)=N2)c1. The van der Waals surface area contributed by atoms with Crippen LogP contribution in [0.25, 0.3) is 0 Å². The van der Waals surface area contributed by atoms with Gasteiger partial charge in [0.2, 0.25) is 0 Å². The normalized spacial score (nSPS) is 31.5. The minimum Gasteiger partial charge on any atom is -0.497 e. The molecule has 6 nitrogen and oxygen atoms in total. The fourth-order valence-corrected chi connectivity index (χ4v) is 15.8. The van der Waals surface area contributed by atoms with Crippen LogP contribution in [0.2, 0.25) is 0 Å². The average molecular weight is 416 g/mol. The second kappa shape index (κ2) is 6.02. The molecule has 112 valence electrons. The molecule has 0 aliphatic carbocycles. The van der Waals surface area contributed by atoms with Gasteiger partial charge in [0.1, 0.15) is 5.75 Å². The van der Waals surface area contributed by atoms with E-state index in [1.807, 2.05) is 0 Å². The zero-order valence-corrected chi connectivity index (χ0v) is 15.6. The number of hydrogen-bond donors (Lipinski definition) is 2. The summed E-state index contributed by atoms with van der Waals surface area (Å²) in [5, 5.41) is 2.89. The highest BCUT2D eigenvalue weighted by molar-refractivity contribution is 8.17. The molecule has 2 atom stereocenters. The Bertz CT molecular complexity index is 690. The number of rotatable bonds is 3. The monoisotopic (exact) mass is 414 g/mol. The first-order valence-corrected chi connectivity index (χ1v) is 13.6. The van der Waals surface area contributed by atoms with Crippen molar-refractivity contribution in [3.63, 3.8) is 0 Å². The highest BCUT2D eigenvalue weighted by atomic mass is 35.9. The Labute approximate surface area is 135 Å². The minimum atomic E-state index is -3.50. The molecular weight excluding hydrogens is 407 g/mol. The van der Waals surface area contributed by atoms with Gasteiger partial charge in [-0.15, -0.1) is 0 Å². The van der Waals surface area contributed by atoms with Crippen LogP contribution in [0.3, 0.4) is 0 Å². The maximum Gasteiger partial charge on any atom is 0.297 e. The molecule has 1 aliphatic heterocycles. The highest BCUT2D eigenvalue weighted by Gasteiger charge is 2.32. The van der Waals surface area contributed by atoms with Gasteiger partial charge in [-0.1, -0.05) is 6.07 Å². The summed E-state index contributed by atoms with van der Waals surface area (Å²) < 4.78 is 16.6. The van der Waals surface area contributed by atoms with Gasteiger partial charge in [-0.25, -0.2) is 0 Å². The molecule has 2 N–H and O–H groups in total. The van der Waals surface area contributed by atoms with E-state index in [1.54, 1.807) is 24.3 Å². The van der Waals surface area contributed by atoms with Crippen LogP contribution in [-0.2, 0) is 0 Å². The number of nitrogens with one attached hydrogen (secondary N) is 1. The number of methoxy groups -OCH3 is 1. The summed E-state index contributed by atoms with van der Waals surface area (Å²) in [6, 6.07) is 6.94. The summed E-state index contributed by atoms with van der Waals surface area (Å²) in [5.41, 5.74) is 0.590. The predicted molar refractivity (Wildman–Crippen MR) is 90.3 cm³/mol. The van der Waals surface area contributed by atoms with Gasteiger partial charge < -0.3 is 14.7 Å². The molecule has 0 aromatic heterocycles. The highest BCUT2D eigenvalue weighted by Crippen LogP contribution is 2.83. The Kier molecular flexibility index (Phi) is 5.12. The second-order valence-corrected chi connectivity index (χ2v) is 15.0. The van der Waals surface area contributed by atoms with Crippen LogP contribution in [0.4, 0.5) is 5.69 Å². The molecular formula is C7H9Cl4N4O2P3. The van der Waals surface area contributed by atoms with Gasteiger partial charge in [0, 0.05) is 11.8 Å². The largest absolute Gasteiger partial charge is 0.497 e. The van der Waals surface area contributed by atoms with E-state index in [-0.39, 0.29) is 0 Å². The Balaban J connectivity index is 2.45. The van der Waals surface area contributed by atoms with Crippen molar-refractivity contribution in [3.8, 4) is 5.75 Å². The third-order valence-corrected chi connectivity index (χ3v) is 13.1. The van der Waals surface area contributed by atoms with E-state index in [0.717, 1.165) is 0 Å². The molecule has 0 spiro atoms. The first-order chi connectivity index (χ1) is 9.13. The number of nitrogens with zero attached hydrogens (tertiary/aromatic N) is 3. The molecule has 20 heavy (non-hydrogen) atoms. The summed E-state index contributed by atoms with van der Waals surface area (Å²) in [5.74, 6) is -2.52. The molecule has 1 aromatic carbocycles. The predicted octanol–water partition coefficient (Wildman–Crippen LogP) is 6.91. The van der Waals surface area contributed by atoms with Gasteiger partial charge in [0.05, 0.1) is 7.11 Å². The number of halogens is 4. The van der Waals surface area contributed by atoms with E-state index in [9.17, 15) is 4.89 Å². The van der Waals surface area contributed by atoms with E-state index >= 15 is 0 Å². The lowest BCUT2D eigenvalue weighted by Crippen LogP contribution is -1.92. The Morgan fingerprint density at radius 3 is 2.45 bits per heavy atom. The molecule has 2 unspecified atom stereocenters. The van der Waals surface area contributed by atoms with Crippen molar-refractivity contribution in [3.05, 3.63) is 24.3 Å². The van der Waals surface area contributed by atoms with Gasteiger partial charge >= 0.3 is 0 Å². The van der Waals surface area contributed by atoms with Crippen LogP contribution >= 0.6 is 64.4 Å². The molecule has 0 saturated carbocycles. The van der Waals surface area contributed by atoms with Crippen molar-refractivity contribution in [2.24, 2.45) is 13.5 Å². The maximum atomic E-state index is 9.85. The summed E-state index contributed by atoms with van der Waals surface area (Å²) in [7, 11) is 1.54. The molecule has 0 saturated heterocycles. The Hall–Kier alpha value is 0.630. The third-order valence-electron chi connectivity index (χ3n) is 2.02. The van der Waals surface area contributed by atoms with E-state index in [2.05, 4.69) is 18.6 Å². The van der Waals surface area contributed by atoms with Gasteiger partial charge in [-0.05, 0) is 57.1 Å². The number of hydrogen-bond acceptors (Lipinski definition) is 5. The van der Waals surface area contributed by atoms with Crippen molar-refractivity contribution >= 4 is 70.1 Å². The summed E-state index contributed by atoms with van der Waals surface area (Å²) in [6.07, 6.45) is 0. The van der Waals surface area contributed by atoms with Crippen molar-refractivity contribution < 1.29 is 9.63 Å². The standard InChI is InChI=1S/C7H9Cl4N4O2P3/c1-17-7-4-2-3-6(5-7)12-19(10)13-18(8,9)14-20(11,16)15-19/h2-5,12,16H,1H3. The number of ether oxygens (including phenoxy) is 1. The lowest BCUT2D eigenvalue weighted by molar-refractivity contribution is 0.415. The number of anilines is 1. The van der Waals surface area contributed by atoms with Gasteiger partial charge in [0.15, 0.2) is 0 Å². The molecule has 2 rings (SSSR count). The molecule has 1 heterocycles. The molecule has 13 heteroatoms. The lowest BCUT2D eigenvalue weighted by atomic mass is 10.3. The van der Waals surface area contributed by atoms with Crippen LogP contribution < -0.4 is 9.82 Å². The third kappa shape index (κ3) is 4.56. The van der Waals surface area contributed by atoms with E-state index < -0.39 is 19.4 Å². The van der Waals surface area contributed by atoms with Gasteiger partial charge in [-0.2, -0.15) is 13.5 Å². The minimum absolute atomic E-state index is 0.590. The summed E-state index contributed by atoms with van der Waals surface area (Å²) >= 11 is 23.9. The van der Waals surface area contributed by atoms with Crippen molar-refractivity contribution in [1.29, 1.82) is 0 Å². The Morgan fingerprint density at radius 2 is 1.85 bits per heavy atom. The Morgan fingerprint density at radius 1 is 1.15 bits per heavy atom. The first kappa shape index (κ1) is 17.0. The van der Waals surface area contributed by atoms with E-state index in [4.69, 9.17) is 49.7 Å². The molecule has 0 bridgehead atoms. The van der Waals surface area contributed by atoms with E-state index in [0.29, 0.717) is 11.4 Å². The molecule has 0 fully saturated rings. The molecule has 1 aromatic rings. The lowest BCUT2D eigenvalue weighted by Gasteiger charge is -2.23. The second-order valence-electron chi connectivity index (χ2n) is 3.59. The average Bonchev–Trinajstić information content (AvgIpc) is 2.23. The zero-order valence-electron chi connectivity index (χ0n) is 9.86. The van der Waals surface area contributed by atoms with Crippen molar-refractivity contribution in [1.82, 2.24) is 0 Å². The van der Waals surface area contributed by atoms with Crippen LogP contribution in [0, 0.1) is 0 Å². The molecule has 1 aliphatic rings. The van der Waals surface area contributed by atoms with Gasteiger partial charge in [-0.3, -0.25) is 0 Å². The summed E-state index contributed by atoms with van der Waals surface area (Å²) in [6.45, 7) is -6.58. The van der Waals surface area contributed by atoms with Crippen LogP contribution in [-0.4, -0.2) is 12.0 Å². The smallest absolute Gasteiger partial charge is 0.297 e. The van der Waals surface area contributed by atoms with Crippen LogP contribution in [0.1, 0.15) is 0 Å². The summed E-state index contributed by atoms with van der Waals surface area (Å²) in [4.78, 5) is 9.85. The fourth-order valence-electron chi connectivity index (χ4n) is 1.39. The van der Waals surface area contributed by atoms with Crippen molar-refractivity contribution in [2.45, 2.75) is 0 Å². The van der Waals surface area contributed by atoms with Crippen LogP contribution in [0.5, 0.6) is 5.75 Å². The fraction of sp³-hybridized carbons (Fsp3) is 0.143. The topological polar surface area (TPSA) is 78.6 Å². The van der Waals surface area contributed by atoms with Crippen molar-refractivity contribution in [2.75, 3.05) is 12.2 Å². The zero-order chi connectivity index (χ0) is 15.0. The first-order valence-electron chi connectivity index (χ1n) is 4.98. The number of benzene rings is 1. The quantitative estimate of drug-likeness (QED) is 0.526. The molecule has 0 amide bonds. The maximum absolute atomic E-state index is 9.85. The van der Waals surface area contributed by atoms with Gasteiger partial charge in [0.25, 0.3) is 19.4 Å². The van der Waals surface area contributed by atoms with Crippen LogP contribution in [0.15, 0.2) is 37.8 Å². The molecule has 0 radical (unpaired) electrons. The van der Waals surface area contributed by atoms with E-state index in [1.165, 1.54) is 7.11 Å².